The molecule has 0 atom stereocenters. The monoisotopic (exact) mass is 390 g/mol. The van der Waals surface area contributed by atoms with Crippen LogP contribution in [0.2, 0.25) is 0 Å². The molecule has 29 heavy (non-hydrogen) atoms. The molecule has 0 aliphatic heterocycles. The maximum Gasteiger partial charge on any atom is 0.339 e. The van der Waals surface area contributed by atoms with Gasteiger partial charge in [0.2, 0.25) is 5.82 Å². The summed E-state index contributed by atoms with van der Waals surface area (Å²) in [5.41, 5.74) is 1.21. The van der Waals surface area contributed by atoms with Gasteiger partial charge in [0.1, 0.15) is 11.5 Å². The van der Waals surface area contributed by atoms with E-state index >= 15 is 0 Å². The SMILES string of the molecule is COc1ccc(-c2noc(COC(=O)c3ccc(OC)c4ccccc34)n2)cc1. The van der Waals surface area contributed by atoms with Crippen molar-refractivity contribution in [1.29, 1.82) is 0 Å². The Labute approximate surface area is 166 Å². The lowest BCUT2D eigenvalue weighted by molar-refractivity contribution is 0.0432. The summed E-state index contributed by atoms with van der Waals surface area (Å²) in [6, 6.07) is 18.2. The van der Waals surface area contributed by atoms with Crippen molar-refractivity contribution in [3.8, 4) is 22.9 Å². The third-order valence-electron chi connectivity index (χ3n) is 4.47. The molecule has 3 aromatic carbocycles. The Balaban J connectivity index is 1.49. The Morgan fingerprint density at radius 2 is 1.69 bits per heavy atom. The molecular formula is C22H18N2O5. The minimum Gasteiger partial charge on any atom is -0.497 e. The van der Waals surface area contributed by atoms with E-state index in [0.29, 0.717) is 17.1 Å². The van der Waals surface area contributed by atoms with Gasteiger partial charge in [-0.15, -0.1) is 0 Å². The molecular weight excluding hydrogens is 372 g/mol. The normalized spacial score (nSPS) is 10.7. The molecule has 0 radical (unpaired) electrons. The number of carbonyl (C=O) groups excluding carboxylic acids is 1. The van der Waals surface area contributed by atoms with Gasteiger partial charge in [0.15, 0.2) is 6.61 Å². The highest BCUT2D eigenvalue weighted by Crippen LogP contribution is 2.29. The summed E-state index contributed by atoms with van der Waals surface area (Å²) < 4.78 is 21.1. The van der Waals surface area contributed by atoms with Gasteiger partial charge in [0.05, 0.1) is 19.8 Å². The maximum absolute atomic E-state index is 12.6. The standard InChI is InChI=1S/C22H18N2O5/c1-26-15-9-7-14(8-10-15)21-23-20(29-24-21)13-28-22(25)18-11-12-19(27-2)17-6-4-3-5-16(17)18/h3-12H,13H2,1-2H3. The van der Waals surface area contributed by atoms with Gasteiger partial charge in [0.25, 0.3) is 5.89 Å². The fraction of sp³-hybridized carbons (Fsp3) is 0.136. The number of methoxy groups -OCH3 is 2. The lowest BCUT2D eigenvalue weighted by Crippen LogP contribution is -2.06. The smallest absolute Gasteiger partial charge is 0.339 e. The molecule has 1 aromatic heterocycles. The Bertz CT molecular complexity index is 1150. The van der Waals surface area contributed by atoms with Crippen molar-refractivity contribution in [2.45, 2.75) is 6.61 Å². The predicted octanol–water partition coefficient (Wildman–Crippen LogP) is 4.26. The number of nitrogens with zero attached hydrogens (tertiary/aromatic N) is 2. The number of ether oxygens (including phenoxy) is 3. The maximum atomic E-state index is 12.6. The van der Waals surface area contributed by atoms with E-state index in [1.165, 1.54) is 0 Å². The van der Waals surface area contributed by atoms with Gasteiger partial charge in [-0.2, -0.15) is 4.98 Å². The van der Waals surface area contributed by atoms with Crippen molar-refractivity contribution in [2.24, 2.45) is 0 Å². The van der Waals surface area contributed by atoms with Crippen molar-refractivity contribution in [1.82, 2.24) is 10.1 Å². The zero-order chi connectivity index (χ0) is 20.2. The van der Waals surface area contributed by atoms with Crippen LogP contribution < -0.4 is 9.47 Å². The third kappa shape index (κ3) is 3.75. The minimum atomic E-state index is -0.479. The van der Waals surface area contributed by atoms with E-state index in [4.69, 9.17) is 18.7 Å². The van der Waals surface area contributed by atoms with Crippen LogP contribution in [0.5, 0.6) is 11.5 Å². The Morgan fingerprint density at radius 1 is 0.931 bits per heavy atom. The van der Waals surface area contributed by atoms with Gasteiger partial charge >= 0.3 is 5.97 Å². The molecule has 7 heteroatoms. The van der Waals surface area contributed by atoms with Crippen LogP contribution in [0.1, 0.15) is 16.2 Å². The van der Waals surface area contributed by atoms with Crippen molar-refractivity contribution >= 4 is 16.7 Å². The molecule has 7 nitrogen and oxygen atoms in total. The Hall–Kier alpha value is -3.87. The number of esters is 1. The molecule has 0 unspecified atom stereocenters. The van der Waals surface area contributed by atoms with E-state index in [1.54, 1.807) is 38.5 Å². The van der Waals surface area contributed by atoms with Crippen LogP contribution in [0, 0.1) is 0 Å². The average Bonchev–Trinajstić information content (AvgIpc) is 3.26. The van der Waals surface area contributed by atoms with E-state index in [9.17, 15) is 4.79 Å². The van der Waals surface area contributed by atoms with Crippen LogP contribution >= 0.6 is 0 Å². The summed E-state index contributed by atoms with van der Waals surface area (Å²) >= 11 is 0. The summed E-state index contributed by atoms with van der Waals surface area (Å²) in [5, 5.41) is 5.52. The Morgan fingerprint density at radius 3 is 2.41 bits per heavy atom. The van der Waals surface area contributed by atoms with E-state index in [-0.39, 0.29) is 12.5 Å². The molecule has 0 aliphatic carbocycles. The van der Waals surface area contributed by atoms with Crippen molar-refractivity contribution in [2.75, 3.05) is 14.2 Å². The summed E-state index contributed by atoms with van der Waals surface area (Å²) in [5.74, 6) is 1.57. The highest BCUT2D eigenvalue weighted by Gasteiger charge is 2.16. The zero-order valence-electron chi connectivity index (χ0n) is 15.9. The number of hydrogen-bond acceptors (Lipinski definition) is 7. The first-order valence-electron chi connectivity index (χ1n) is 8.89. The molecule has 1 heterocycles. The average molecular weight is 390 g/mol. The van der Waals surface area contributed by atoms with Crippen LogP contribution in [-0.2, 0) is 11.3 Å². The third-order valence-corrected chi connectivity index (χ3v) is 4.47. The van der Waals surface area contributed by atoms with Crippen molar-refractivity contribution in [3.05, 3.63) is 72.1 Å². The second kappa shape index (κ2) is 8.02. The topological polar surface area (TPSA) is 83.7 Å². The van der Waals surface area contributed by atoms with Crippen molar-refractivity contribution < 1.29 is 23.5 Å². The first-order valence-corrected chi connectivity index (χ1v) is 8.89. The van der Waals surface area contributed by atoms with Crippen molar-refractivity contribution in [3.63, 3.8) is 0 Å². The fourth-order valence-corrected chi connectivity index (χ4v) is 3.00. The summed E-state index contributed by atoms with van der Waals surface area (Å²) in [6.45, 7) is -0.123. The highest BCUT2D eigenvalue weighted by atomic mass is 16.6. The van der Waals surface area contributed by atoms with Crippen LogP contribution in [0.4, 0.5) is 0 Å². The summed E-state index contributed by atoms with van der Waals surface area (Å²) in [6.07, 6.45) is 0. The van der Waals surface area contributed by atoms with Gasteiger partial charge in [-0.3, -0.25) is 0 Å². The lowest BCUT2D eigenvalue weighted by atomic mass is 10.0. The quantitative estimate of drug-likeness (QED) is 0.455. The van der Waals surface area contributed by atoms with Gasteiger partial charge in [-0.1, -0.05) is 29.4 Å². The molecule has 0 N–H and O–H groups in total. The predicted molar refractivity (Wildman–Crippen MR) is 106 cm³/mol. The number of aromatic nitrogens is 2. The molecule has 0 fully saturated rings. The first kappa shape index (κ1) is 18.5. The number of hydrogen-bond donors (Lipinski definition) is 0. The number of benzene rings is 3. The molecule has 0 aliphatic rings. The minimum absolute atomic E-state index is 0.123. The van der Waals surface area contributed by atoms with Gasteiger partial charge in [-0.05, 0) is 41.8 Å². The number of carbonyl (C=O) groups is 1. The van der Waals surface area contributed by atoms with Crippen LogP contribution in [0.25, 0.3) is 22.2 Å². The second-order valence-electron chi connectivity index (χ2n) is 6.18. The van der Waals surface area contributed by atoms with Crippen LogP contribution in [0.15, 0.2) is 65.2 Å². The number of rotatable bonds is 6. The molecule has 4 rings (SSSR count). The highest BCUT2D eigenvalue weighted by molar-refractivity contribution is 6.06. The largest absolute Gasteiger partial charge is 0.497 e. The molecule has 146 valence electrons. The molecule has 0 spiro atoms. The molecule has 0 saturated heterocycles. The summed E-state index contributed by atoms with van der Waals surface area (Å²) in [7, 11) is 3.19. The number of fused-ring (bicyclic) bond motifs is 1. The molecule has 0 amide bonds. The molecule has 0 bridgehead atoms. The zero-order valence-corrected chi connectivity index (χ0v) is 15.9. The van der Waals surface area contributed by atoms with Gasteiger partial charge < -0.3 is 18.7 Å². The molecule has 0 saturated carbocycles. The lowest BCUT2D eigenvalue weighted by Gasteiger charge is -2.09. The first-order chi connectivity index (χ1) is 14.2. The summed E-state index contributed by atoms with van der Waals surface area (Å²) in [4.78, 5) is 16.9. The van der Waals surface area contributed by atoms with E-state index in [1.807, 2.05) is 36.4 Å². The fourth-order valence-electron chi connectivity index (χ4n) is 3.00. The van der Waals surface area contributed by atoms with E-state index in [2.05, 4.69) is 10.1 Å². The second-order valence-corrected chi connectivity index (χ2v) is 6.18. The van der Waals surface area contributed by atoms with Crippen LogP contribution in [0.3, 0.4) is 0 Å². The van der Waals surface area contributed by atoms with Crippen LogP contribution in [-0.4, -0.2) is 30.3 Å². The molecule has 4 aromatic rings. The van der Waals surface area contributed by atoms with Gasteiger partial charge in [-0.25, -0.2) is 4.79 Å². The van der Waals surface area contributed by atoms with E-state index < -0.39 is 5.97 Å². The van der Waals surface area contributed by atoms with E-state index in [0.717, 1.165) is 22.1 Å². The Kier molecular flexibility index (Phi) is 5.11. The van der Waals surface area contributed by atoms with Gasteiger partial charge in [0, 0.05) is 10.9 Å².